The van der Waals surface area contributed by atoms with Gasteiger partial charge in [-0.1, -0.05) is 22.0 Å². The van der Waals surface area contributed by atoms with E-state index in [1.54, 1.807) is 0 Å². The SMILES string of the molecule is O=C(NCC1CCN(CCNS(=O)(=O)C2CC2)CC1)c1cccc(Br)c1. The number of hydrogen-bond acceptors (Lipinski definition) is 4. The van der Waals surface area contributed by atoms with Crippen LogP contribution in [0.4, 0.5) is 0 Å². The molecule has 2 aliphatic rings. The Labute approximate surface area is 163 Å². The van der Waals surface area contributed by atoms with Crippen LogP contribution >= 0.6 is 15.9 Å². The molecule has 1 saturated heterocycles. The lowest BCUT2D eigenvalue weighted by atomic mass is 9.96. The fourth-order valence-corrected chi connectivity index (χ4v) is 4.99. The molecule has 2 N–H and O–H groups in total. The van der Waals surface area contributed by atoms with Gasteiger partial charge in [0.05, 0.1) is 5.25 Å². The number of amides is 1. The number of rotatable bonds is 8. The van der Waals surface area contributed by atoms with Crippen molar-refractivity contribution >= 4 is 31.9 Å². The molecule has 144 valence electrons. The second kappa shape index (κ2) is 8.82. The standard InChI is InChI=1S/C18H26BrN3O3S/c19-16-3-1-2-15(12-16)18(23)20-13-14-6-9-22(10-7-14)11-8-21-26(24,25)17-4-5-17/h1-3,12,14,17,21H,4-11,13H2,(H,20,23). The molecule has 1 heterocycles. The predicted molar refractivity (Wildman–Crippen MR) is 106 cm³/mol. The van der Waals surface area contributed by atoms with E-state index in [1.165, 1.54) is 0 Å². The number of benzene rings is 1. The Morgan fingerprint density at radius 3 is 2.58 bits per heavy atom. The molecule has 1 aromatic rings. The van der Waals surface area contributed by atoms with Crippen molar-refractivity contribution in [3.05, 3.63) is 34.3 Å². The highest BCUT2D eigenvalue weighted by molar-refractivity contribution is 9.10. The van der Waals surface area contributed by atoms with Crippen LogP contribution in [0.2, 0.25) is 0 Å². The van der Waals surface area contributed by atoms with Gasteiger partial charge in [-0.05, 0) is 62.9 Å². The van der Waals surface area contributed by atoms with E-state index in [0.29, 0.717) is 24.6 Å². The van der Waals surface area contributed by atoms with Gasteiger partial charge in [0.15, 0.2) is 0 Å². The number of sulfonamides is 1. The van der Waals surface area contributed by atoms with Crippen molar-refractivity contribution in [1.29, 1.82) is 0 Å². The number of likely N-dealkylation sites (tertiary alicyclic amines) is 1. The Morgan fingerprint density at radius 1 is 1.19 bits per heavy atom. The van der Waals surface area contributed by atoms with Crippen molar-refractivity contribution < 1.29 is 13.2 Å². The van der Waals surface area contributed by atoms with Gasteiger partial charge in [-0.15, -0.1) is 0 Å². The zero-order valence-corrected chi connectivity index (χ0v) is 17.2. The van der Waals surface area contributed by atoms with Crippen LogP contribution in [0, 0.1) is 5.92 Å². The van der Waals surface area contributed by atoms with Crippen LogP contribution in [0.25, 0.3) is 0 Å². The van der Waals surface area contributed by atoms with Crippen LogP contribution in [0.3, 0.4) is 0 Å². The molecule has 1 aliphatic carbocycles. The molecule has 1 aliphatic heterocycles. The zero-order chi connectivity index (χ0) is 18.6. The normalized spacial score (nSPS) is 19.4. The lowest BCUT2D eigenvalue weighted by Crippen LogP contribution is -2.42. The lowest BCUT2D eigenvalue weighted by molar-refractivity contribution is 0.0936. The summed E-state index contributed by atoms with van der Waals surface area (Å²) < 4.78 is 27.2. The summed E-state index contributed by atoms with van der Waals surface area (Å²) in [7, 11) is -3.07. The molecule has 0 radical (unpaired) electrons. The van der Waals surface area contributed by atoms with Crippen molar-refractivity contribution in [2.24, 2.45) is 5.92 Å². The third-order valence-corrected chi connectivity index (χ3v) is 7.49. The highest BCUT2D eigenvalue weighted by atomic mass is 79.9. The van der Waals surface area contributed by atoms with Crippen molar-refractivity contribution in [2.75, 3.05) is 32.7 Å². The Bertz CT molecular complexity index is 729. The van der Waals surface area contributed by atoms with E-state index in [1.807, 2.05) is 24.3 Å². The third-order valence-electron chi connectivity index (χ3n) is 5.04. The van der Waals surface area contributed by atoms with Crippen LogP contribution < -0.4 is 10.0 Å². The predicted octanol–water partition coefficient (Wildman–Crippen LogP) is 1.97. The summed E-state index contributed by atoms with van der Waals surface area (Å²) in [6.45, 7) is 3.82. The summed E-state index contributed by atoms with van der Waals surface area (Å²) in [4.78, 5) is 14.5. The molecule has 0 atom stereocenters. The molecule has 1 aromatic carbocycles. The van der Waals surface area contributed by atoms with Gasteiger partial charge < -0.3 is 10.2 Å². The smallest absolute Gasteiger partial charge is 0.251 e. The first-order valence-corrected chi connectivity index (χ1v) is 11.5. The number of halogens is 1. The fraction of sp³-hybridized carbons (Fsp3) is 0.611. The van der Waals surface area contributed by atoms with E-state index >= 15 is 0 Å². The van der Waals surface area contributed by atoms with Crippen LogP contribution in [0.5, 0.6) is 0 Å². The maximum absolute atomic E-state index is 12.2. The minimum Gasteiger partial charge on any atom is -0.352 e. The summed E-state index contributed by atoms with van der Waals surface area (Å²) in [5.41, 5.74) is 0.666. The highest BCUT2D eigenvalue weighted by Gasteiger charge is 2.35. The lowest BCUT2D eigenvalue weighted by Gasteiger charge is -2.32. The third kappa shape index (κ3) is 5.77. The van der Waals surface area contributed by atoms with Gasteiger partial charge in [0.2, 0.25) is 10.0 Å². The molecule has 3 rings (SSSR count). The minimum atomic E-state index is -3.07. The fourth-order valence-electron chi connectivity index (χ4n) is 3.23. The Balaban J connectivity index is 1.33. The molecular weight excluding hydrogens is 418 g/mol. The average Bonchev–Trinajstić information content (AvgIpc) is 3.46. The summed E-state index contributed by atoms with van der Waals surface area (Å²) in [5.74, 6) is 0.439. The monoisotopic (exact) mass is 443 g/mol. The number of carbonyl (C=O) groups is 1. The highest BCUT2D eigenvalue weighted by Crippen LogP contribution is 2.27. The first kappa shape index (κ1) is 19.8. The molecule has 2 fully saturated rings. The summed E-state index contributed by atoms with van der Waals surface area (Å²) >= 11 is 3.38. The van der Waals surface area contributed by atoms with Crippen molar-refractivity contribution in [3.8, 4) is 0 Å². The molecule has 1 saturated carbocycles. The second-order valence-corrected chi connectivity index (χ2v) is 10.1. The van der Waals surface area contributed by atoms with E-state index in [4.69, 9.17) is 0 Å². The van der Waals surface area contributed by atoms with Gasteiger partial charge in [0.1, 0.15) is 0 Å². The van der Waals surface area contributed by atoms with Crippen molar-refractivity contribution in [3.63, 3.8) is 0 Å². The summed E-state index contributed by atoms with van der Waals surface area (Å²) in [5, 5.41) is 2.87. The largest absolute Gasteiger partial charge is 0.352 e. The van der Waals surface area contributed by atoms with Gasteiger partial charge in [0, 0.05) is 29.7 Å². The Morgan fingerprint density at radius 2 is 1.92 bits per heavy atom. The van der Waals surface area contributed by atoms with Gasteiger partial charge in [-0.2, -0.15) is 0 Å². The van der Waals surface area contributed by atoms with Crippen LogP contribution in [0.15, 0.2) is 28.7 Å². The van der Waals surface area contributed by atoms with E-state index < -0.39 is 10.0 Å². The summed E-state index contributed by atoms with van der Waals surface area (Å²) in [6.07, 6.45) is 3.64. The quantitative estimate of drug-likeness (QED) is 0.643. The van der Waals surface area contributed by atoms with Crippen LogP contribution in [0.1, 0.15) is 36.0 Å². The number of nitrogens with zero attached hydrogens (tertiary/aromatic N) is 1. The topological polar surface area (TPSA) is 78.5 Å². The molecular formula is C18H26BrN3O3S. The maximum atomic E-state index is 12.2. The minimum absolute atomic E-state index is 0.0387. The zero-order valence-electron chi connectivity index (χ0n) is 14.8. The van der Waals surface area contributed by atoms with E-state index in [2.05, 4.69) is 30.9 Å². The van der Waals surface area contributed by atoms with Crippen LogP contribution in [-0.2, 0) is 10.0 Å². The molecule has 0 bridgehead atoms. The number of piperidine rings is 1. The average molecular weight is 444 g/mol. The number of hydrogen-bond donors (Lipinski definition) is 2. The molecule has 8 heteroatoms. The number of carbonyl (C=O) groups excluding carboxylic acids is 1. The van der Waals surface area contributed by atoms with E-state index in [9.17, 15) is 13.2 Å². The molecule has 0 aromatic heterocycles. The molecule has 0 unspecified atom stereocenters. The van der Waals surface area contributed by atoms with Crippen LogP contribution in [-0.4, -0.2) is 57.2 Å². The van der Waals surface area contributed by atoms with Gasteiger partial charge in [-0.3, -0.25) is 4.79 Å². The molecule has 6 nitrogen and oxygen atoms in total. The van der Waals surface area contributed by atoms with Gasteiger partial charge >= 0.3 is 0 Å². The van der Waals surface area contributed by atoms with Crippen molar-refractivity contribution in [2.45, 2.75) is 30.9 Å². The van der Waals surface area contributed by atoms with E-state index in [0.717, 1.165) is 49.8 Å². The van der Waals surface area contributed by atoms with Gasteiger partial charge in [0.25, 0.3) is 5.91 Å². The first-order chi connectivity index (χ1) is 12.4. The molecule has 26 heavy (non-hydrogen) atoms. The molecule has 0 spiro atoms. The van der Waals surface area contributed by atoms with Gasteiger partial charge in [-0.25, -0.2) is 13.1 Å². The van der Waals surface area contributed by atoms with Crippen molar-refractivity contribution in [1.82, 2.24) is 14.9 Å². The summed E-state index contributed by atoms with van der Waals surface area (Å²) in [6, 6.07) is 7.39. The Hall–Kier alpha value is -0.960. The Kier molecular flexibility index (Phi) is 6.71. The molecule has 1 amide bonds. The number of nitrogens with one attached hydrogen (secondary N) is 2. The second-order valence-electron chi connectivity index (χ2n) is 7.14. The van der Waals surface area contributed by atoms with E-state index in [-0.39, 0.29) is 11.2 Å². The first-order valence-electron chi connectivity index (χ1n) is 9.18. The maximum Gasteiger partial charge on any atom is 0.251 e.